The zero-order valence-electron chi connectivity index (χ0n) is 16.2. The largest absolute Gasteiger partial charge is 0.486 e. The molecule has 5 aliphatic rings. The predicted molar refractivity (Wildman–Crippen MR) is 102 cm³/mol. The summed E-state index contributed by atoms with van der Waals surface area (Å²) in [6, 6.07) is 5.27. The fraction of sp³-hybridized carbons (Fsp3) is 0.636. The van der Waals surface area contributed by atoms with Gasteiger partial charge in [-0.05, 0) is 75.3 Å². The van der Waals surface area contributed by atoms with Gasteiger partial charge in [0, 0.05) is 11.8 Å². The number of benzene rings is 1. The molecule has 4 saturated carbocycles. The summed E-state index contributed by atoms with van der Waals surface area (Å²) in [5, 5.41) is 2.82. The molecule has 4 fully saturated rings. The molecule has 1 aliphatic heterocycles. The van der Waals surface area contributed by atoms with Crippen LogP contribution in [-0.4, -0.2) is 31.2 Å². The number of carbonyl (C=O) groups excluding carboxylic acids is 2. The van der Waals surface area contributed by atoms with Crippen molar-refractivity contribution in [3.05, 3.63) is 18.2 Å². The fourth-order valence-electron chi connectivity index (χ4n) is 6.06. The summed E-state index contributed by atoms with van der Waals surface area (Å²) in [6.45, 7) is 2.66. The maximum Gasteiger partial charge on any atom is 0.312 e. The predicted octanol–water partition coefficient (Wildman–Crippen LogP) is 3.54. The third-order valence-electron chi connectivity index (χ3n) is 6.93. The van der Waals surface area contributed by atoms with E-state index in [4.69, 9.17) is 14.2 Å². The van der Waals surface area contributed by atoms with Crippen molar-refractivity contribution in [3.8, 4) is 11.5 Å². The quantitative estimate of drug-likeness (QED) is 0.803. The highest BCUT2D eigenvalue weighted by Gasteiger charge is 2.55. The van der Waals surface area contributed by atoms with E-state index >= 15 is 0 Å². The minimum absolute atomic E-state index is 0.170. The molecule has 1 amide bonds. The lowest BCUT2D eigenvalue weighted by molar-refractivity contribution is -0.177. The number of hydrogen-bond donors (Lipinski definition) is 1. The van der Waals surface area contributed by atoms with E-state index in [0.29, 0.717) is 48.2 Å². The Morgan fingerprint density at radius 3 is 2.29 bits per heavy atom. The topological polar surface area (TPSA) is 73.9 Å². The molecule has 0 radical (unpaired) electrons. The molecular formula is C22H27NO5. The van der Waals surface area contributed by atoms with Gasteiger partial charge in [-0.2, -0.15) is 0 Å². The van der Waals surface area contributed by atoms with Crippen LogP contribution in [0.2, 0.25) is 0 Å². The van der Waals surface area contributed by atoms with E-state index in [1.165, 1.54) is 19.3 Å². The summed E-state index contributed by atoms with van der Waals surface area (Å²) < 4.78 is 16.7. The van der Waals surface area contributed by atoms with Gasteiger partial charge in [0.15, 0.2) is 17.6 Å². The first-order valence-corrected chi connectivity index (χ1v) is 10.4. The van der Waals surface area contributed by atoms with Crippen molar-refractivity contribution in [1.82, 2.24) is 0 Å². The van der Waals surface area contributed by atoms with Crippen molar-refractivity contribution < 1.29 is 23.8 Å². The van der Waals surface area contributed by atoms with Gasteiger partial charge in [0.05, 0.1) is 5.41 Å². The molecule has 4 bridgehead atoms. The third kappa shape index (κ3) is 3.12. The van der Waals surface area contributed by atoms with Crippen LogP contribution in [0.3, 0.4) is 0 Å². The minimum Gasteiger partial charge on any atom is -0.486 e. The monoisotopic (exact) mass is 385 g/mol. The standard InChI is InChI=1S/C22H27NO5/c1-13(20(24)23-17-2-3-18-19(9-17)27-5-4-26-18)28-21(25)22-10-14-6-15(11-22)8-16(7-14)12-22/h2-3,9,13-16H,4-8,10-12H2,1H3,(H,23,24)/t13-,14?,15?,16?,22?/m1/s1. The Morgan fingerprint density at radius 2 is 1.64 bits per heavy atom. The summed E-state index contributed by atoms with van der Waals surface area (Å²) in [4.78, 5) is 25.6. The van der Waals surface area contributed by atoms with E-state index in [0.717, 1.165) is 19.3 Å². The molecule has 1 N–H and O–H groups in total. The van der Waals surface area contributed by atoms with Gasteiger partial charge in [0.2, 0.25) is 0 Å². The molecule has 0 saturated heterocycles. The van der Waals surface area contributed by atoms with E-state index in [9.17, 15) is 9.59 Å². The molecule has 1 atom stereocenters. The van der Waals surface area contributed by atoms with Crippen molar-refractivity contribution in [2.75, 3.05) is 18.5 Å². The van der Waals surface area contributed by atoms with Crippen LogP contribution in [0.5, 0.6) is 11.5 Å². The van der Waals surface area contributed by atoms with Gasteiger partial charge in [0.25, 0.3) is 5.91 Å². The number of esters is 1. The van der Waals surface area contributed by atoms with E-state index in [2.05, 4.69) is 5.32 Å². The Bertz CT molecular complexity index is 769. The number of hydrogen-bond acceptors (Lipinski definition) is 5. The molecule has 0 aromatic heterocycles. The highest BCUT2D eigenvalue weighted by atomic mass is 16.6. The molecule has 0 unspecified atom stereocenters. The molecule has 6 rings (SSSR count). The zero-order chi connectivity index (χ0) is 19.3. The molecule has 150 valence electrons. The molecule has 6 nitrogen and oxygen atoms in total. The smallest absolute Gasteiger partial charge is 0.312 e. The second-order valence-electron chi connectivity index (χ2n) is 9.09. The van der Waals surface area contributed by atoms with Crippen molar-refractivity contribution in [2.24, 2.45) is 23.2 Å². The van der Waals surface area contributed by atoms with Crippen molar-refractivity contribution in [1.29, 1.82) is 0 Å². The average molecular weight is 385 g/mol. The normalized spacial score (nSPS) is 33.2. The minimum atomic E-state index is -0.825. The summed E-state index contributed by atoms with van der Waals surface area (Å²) >= 11 is 0. The second kappa shape index (κ2) is 6.68. The molecule has 28 heavy (non-hydrogen) atoms. The lowest BCUT2D eigenvalue weighted by atomic mass is 9.49. The van der Waals surface area contributed by atoms with Gasteiger partial charge in [-0.25, -0.2) is 0 Å². The first kappa shape index (κ1) is 17.8. The summed E-state index contributed by atoms with van der Waals surface area (Å²) in [5.74, 6) is 2.79. The maximum absolute atomic E-state index is 13.0. The van der Waals surface area contributed by atoms with Crippen LogP contribution >= 0.6 is 0 Å². The molecule has 0 spiro atoms. The second-order valence-corrected chi connectivity index (χ2v) is 9.09. The third-order valence-corrected chi connectivity index (χ3v) is 6.93. The summed E-state index contributed by atoms with van der Waals surface area (Å²) in [6.07, 6.45) is 5.80. The van der Waals surface area contributed by atoms with Gasteiger partial charge in [-0.15, -0.1) is 0 Å². The van der Waals surface area contributed by atoms with Crippen molar-refractivity contribution in [3.63, 3.8) is 0 Å². The number of rotatable bonds is 4. The Balaban J connectivity index is 1.22. The molecule has 4 aliphatic carbocycles. The fourth-order valence-corrected chi connectivity index (χ4v) is 6.06. The van der Waals surface area contributed by atoms with E-state index < -0.39 is 6.10 Å². The Hall–Kier alpha value is -2.24. The van der Waals surface area contributed by atoms with E-state index in [1.807, 2.05) is 0 Å². The maximum atomic E-state index is 13.0. The Kier molecular flexibility index (Phi) is 4.25. The number of fused-ring (bicyclic) bond motifs is 1. The SMILES string of the molecule is C[C@@H](OC(=O)C12CC3CC(CC(C3)C1)C2)C(=O)Nc1ccc2c(c1)OCCO2. The first-order chi connectivity index (χ1) is 13.5. The van der Waals surface area contributed by atoms with Gasteiger partial charge in [0.1, 0.15) is 13.2 Å². The molecule has 1 aromatic rings. The van der Waals surface area contributed by atoms with Gasteiger partial charge in [-0.1, -0.05) is 0 Å². The Morgan fingerprint density at radius 1 is 1.04 bits per heavy atom. The van der Waals surface area contributed by atoms with Crippen LogP contribution in [0.4, 0.5) is 5.69 Å². The van der Waals surface area contributed by atoms with Gasteiger partial charge >= 0.3 is 5.97 Å². The highest BCUT2D eigenvalue weighted by Crippen LogP contribution is 2.60. The van der Waals surface area contributed by atoms with Crippen LogP contribution < -0.4 is 14.8 Å². The molecule has 1 heterocycles. The van der Waals surface area contributed by atoms with E-state index in [-0.39, 0.29) is 17.3 Å². The lowest BCUT2D eigenvalue weighted by Gasteiger charge is -2.55. The van der Waals surface area contributed by atoms with Gasteiger partial charge in [-0.3, -0.25) is 9.59 Å². The number of anilines is 1. The number of ether oxygens (including phenoxy) is 3. The van der Waals surface area contributed by atoms with Crippen LogP contribution in [-0.2, 0) is 14.3 Å². The van der Waals surface area contributed by atoms with Crippen LogP contribution in [0, 0.1) is 23.2 Å². The highest BCUT2D eigenvalue weighted by molar-refractivity contribution is 5.95. The Labute approximate surface area is 164 Å². The zero-order valence-corrected chi connectivity index (χ0v) is 16.2. The van der Waals surface area contributed by atoms with Crippen LogP contribution in [0.15, 0.2) is 18.2 Å². The average Bonchev–Trinajstić information content (AvgIpc) is 2.66. The van der Waals surface area contributed by atoms with Gasteiger partial charge < -0.3 is 19.5 Å². The molecule has 6 heteroatoms. The lowest BCUT2D eigenvalue weighted by Crippen LogP contribution is -2.51. The van der Waals surface area contributed by atoms with Crippen molar-refractivity contribution in [2.45, 2.75) is 51.6 Å². The molecular weight excluding hydrogens is 358 g/mol. The van der Waals surface area contributed by atoms with Crippen LogP contribution in [0.1, 0.15) is 45.4 Å². The number of carbonyl (C=O) groups is 2. The number of amides is 1. The first-order valence-electron chi connectivity index (χ1n) is 10.4. The number of nitrogens with one attached hydrogen (secondary N) is 1. The van der Waals surface area contributed by atoms with Crippen LogP contribution in [0.25, 0.3) is 0 Å². The summed E-state index contributed by atoms with van der Waals surface area (Å²) in [7, 11) is 0. The van der Waals surface area contributed by atoms with Crippen molar-refractivity contribution >= 4 is 17.6 Å². The molecule has 1 aromatic carbocycles. The van der Waals surface area contributed by atoms with E-state index in [1.54, 1.807) is 25.1 Å². The summed E-state index contributed by atoms with van der Waals surface area (Å²) in [5.41, 5.74) is 0.257.